The lowest BCUT2D eigenvalue weighted by Crippen LogP contribution is -2.22. The first kappa shape index (κ1) is 30.4. The molecule has 12 heteroatoms. The van der Waals surface area contributed by atoms with E-state index in [1.165, 1.54) is 6.08 Å². The minimum atomic E-state index is -3.53. The van der Waals surface area contributed by atoms with Crippen LogP contribution in [0.5, 0.6) is 5.75 Å². The second-order valence-corrected chi connectivity index (χ2v) is 11.6. The van der Waals surface area contributed by atoms with Crippen LogP contribution in [-0.2, 0) is 14.6 Å². The van der Waals surface area contributed by atoms with Gasteiger partial charge in [0.15, 0.2) is 9.84 Å². The van der Waals surface area contributed by atoms with Crippen LogP contribution >= 0.6 is 0 Å². The quantitative estimate of drug-likeness (QED) is 0.138. The highest BCUT2D eigenvalue weighted by molar-refractivity contribution is 7.92. The Hall–Kier alpha value is -4.16. The molecule has 0 radical (unpaired) electrons. The number of aromatic nitrogens is 2. The third kappa shape index (κ3) is 7.48. The molecule has 0 saturated heterocycles. The molecule has 3 aromatic rings. The number of rotatable bonds is 14. The largest absolute Gasteiger partial charge is 0.494 e. The molecule has 0 atom stereocenters. The SMILES string of the molecule is C=CC(=O)Nc1cc(Nc2ncc(C)c(Nc3ccccc3S(=O)(=O)C(C)C)n2)c(OC)cc1NCCNCC. The van der Waals surface area contributed by atoms with Crippen molar-refractivity contribution in [2.45, 2.75) is 37.8 Å². The monoisotopic (exact) mass is 567 g/mol. The van der Waals surface area contributed by atoms with Crippen LogP contribution in [0.25, 0.3) is 0 Å². The first-order valence-corrected chi connectivity index (χ1v) is 14.5. The van der Waals surface area contributed by atoms with Crippen molar-refractivity contribution in [3.8, 4) is 5.75 Å². The van der Waals surface area contributed by atoms with Gasteiger partial charge < -0.3 is 31.3 Å². The molecule has 40 heavy (non-hydrogen) atoms. The van der Waals surface area contributed by atoms with Crippen LogP contribution < -0.4 is 31.3 Å². The Morgan fingerprint density at radius 2 is 1.82 bits per heavy atom. The van der Waals surface area contributed by atoms with E-state index in [1.54, 1.807) is 63.6 Å². The fourth-order valence-corrected chi connectivity index (χ4v) is 4.89. The molecule has 2 aromatic carbocycles. The van der Waals surface area contributed by atoms with Gasteiger partial charge in [0.2, 0.25) is 11.9 Å². The van der Waals surface area contributed by atoms with E-state index in [1.807, 2.05) is 13.8 Å². The number of para-hydroxylation sites is 1. The van der Waals surface area contributed by atoms with Crippen LogP contribution in [0.4, 0.5) is 34.5 Å². The highest BCUT2D eigenvalue weighted by atomic mass is 32.2. The van der Waals surface area contributed by atoms with E-state index >= 15 is 0 Å². The Bertz CT molecular complexity index is 1460. The van der Waals surface area contributed by atoms with Crippen LogP contribution in [0, 0.1) is 6.92 Å². The zero-order chi connectivity index (χ0) is 29.3. The van der Waals surface area contributed by atoms with Gasteiger partial charge in [-0.1, -0.05) is 25.6 Å². The van der Waals surface area contributed by atoms with Crippen LogP contribution in [0.15, 0.2) is 60.1 Å². The van der Waals surface area contributed by atoms with Gasteiger partial charge >= 0.3 is 0 Å². The van der Waals surface area contributed by atoms with E-state index in [0.717, 1.165) is 13.1 Å². The molecule has 0 spiro atoms. The lowest BCUT2D eigenvalue weighted by Gasteiger charge is -2.18. The van der Waals surface area contributed by atoms with Gasteiger partial charge in [-0.3, -0.25) is 4.79 Å². The number of sulfone groups is 1. The maximum Gasteiger partial charge on any atom is 0.247 e. The predicted molar refractivity (Wildman–Crippen MR) is 161 cm³/mol. The van der Waals surface area contributed by atoms with Crippen LogP contribution in [0.3, 0.4) is 0 Å². The second-order valence-electron chi connectivity index (χ2n) is 9.14. The van der Waals surface area contributed by atoms with Crippen LogP contribution in [0.2, 0.25) is 0 Å². The minimum Gasteiger partial charge on any atom is -0.494 e. The molecular formula is C28H37N7O4S. The van der Waals surface area contributed by atoms with E-state index < -0.39 is 15.1 Å². The third-order valence-corrected chi connectivity index (χ3v) is 8.15. The number of carbonyl (C=O) groups is 1. The Kier molecular flexibility index (Phi) is 10.5. The highest BCUT2D eigenvalue weighted by Crippen LogP contribution is 2.36. The standard InChI is InChI=1S/C28H37N7O4S/c1-7-26(36)32-22-15-23(24(39-6)16-21(22)30-14-13-29-8-2)34-28-31-17-19(5)27(35-28)33-20-11-9-10-12-25(20)40(37,38)18(3)4/h7,9-12,15-18,29-30H,1,8,13-14H2,2-6H3,(H,32,36)(H2,31,33,34,35). The number of aryl methyl sites for hydroxylation is 1. The van der Waals surface area contributed by atoms with Gasteiger partial charge in [-0.05, 0) is 51.6 Å². The smallest absolute Gasteiger partial charge is 0.247 e. The molecule has 0 aliphatic carbocycles. The molecule has 0 aliphatic rings. The van der Waals surface area contributed by atoms with E-state index in [4.69, 9.17) is 4.74 Å². The molecule has 1 heterocycles. The molecule has 0 saturated carbocycles. The van der Waals surface area contributed by atoms with Crippen molar-refractivity contribution < 1.29 is 17.9 Å². The molecule has 3 rings (SSSR count). The number of amides is 1. The summed E-state index contributed by atoms with van der Waals surface area (Å²) in [6, 6.07) is 10.2. The number of anilines is 6. The van der Waals surface area contributed by atoms with Crippen molar-refractivity contribution in [1.29, 1.82) is 0 Å². The Morgan fingerprint density at radius 3 is 2.50 bits per heavy atom. The van der Waals surface area contributed by atoms with Crippen molar-refractivity contribution in [3.05, 3.63) is 60.8 Å². The Labute approximate surface area is 235 Å². The van der Waals surface area contributed by atoms with Crippen molar-refractivity contribution in [2.24, 2.45) is 0 Å². The minimum absolute atomic E-state index is 0.194. The van der Waals surface area contributed by atoms with Crippen LogP contribution in [-0.4, -0.2) is 56.3 Å². The molecule has 214 valence electrons. The Balaban J connectivity index is 1.95. The van der Waals surface area contributed by atoms with Gasteiger partial charge in [0.1, 0.15) is 11.6 Å². The predicted octanol–water partition coefficient (Wildman–Crippen LogP) is 4.61. The summed E-state index contributed by atoms with van der Waals surface area (Å²) < 4.78 is 31.4. The van der Waals surface area contributed by atoms with Crippen LogP contribution in [0.1, 0.15) is 26.3 Å². The molecule has 1 aromatic heterocycles. The van der Waals surface area contributed by atoms with Crippen molar-refractivity contribution in [3.63, 3.8) is 0 Å². The number of hydrogen-bond acceptors (Lipinski definition) is 10. The molecule has 11 nitrogen and oxygen atoms in total. The topological polar surface area (TPSA) is 146 Å². The summed E-state index contributed by atoms with van der Waals surface area (Å²) in [5.41, 5.74) is 2.84. The molecule has 0 fully saturated rings. The van der Waals surface area contributed by atoms with E-state index in [-0.39, 0.29) is 16.8 Å². The summed E-state index contributed by atoms with van der Waals surface area (Å²) in [5.74, 6) is 0.808. The molecule has 0 bridgehead atoms. The number of hydrogen-bond donors (Lipinski definition) is 5. The first-order valence-electron chi connectivity index (χ1n) is 12.9. The first-order chi connectivity index (χ1) is 19.1. The average molecular weight is 568 g/mol. The summed E-state index contributed by atoms with van der Waals surface area (Å²) in [6.07, 6.45) is 2.82. The normalized spacial score (nSPS) is 11.2. The summed E-state index contributed by atoms with van der Waals surface area (Å²) in [4.78, 5) is 21.3. The van der Waals surface area contributed by atoms with E-state index in [9.17, 15) is 13.2 Å². The molecule has 1 amide bonds. The fourth-order valence-electron chi connectivity index (χ4n) is 3.69. The molecule has 0 unspecified atom stereocenters. The van der Waals surface area contributed by atoms with E-state index in [0.29, 0.717) is 46.4 Å². The third-order valence-electron chi connectivity index (χ3n) is 5.94. The lowest BCUT2D eigenvalue weighted by molar-refractivity contribution is -0.111. The number of nitrogens with one attached hydrogen (secondary N) is 5. The maximum atomic E-state index is 12.9. The zero-order valence-electron chi connectivity index (χ0n) is 23.5. The zero-order valence-corrected chi connectivity index (χ0v) is 24.3. The summed E-state index contributed by atoms with van der Waals surface area (Å²) in [7, 11) is -1.99. The van der Waals surface area contributed by atoms with E-state index in [2.05, 4.69) is 43.1 Å². The second kappa shape index (κ2) is 13.8. The van der Waals surface area contributed by atoms with Gasteiger partial charge in [-0.2, -0.15) is 4.98 Å². The number of methoxy groups -OCH3 is 1. The van der Waals surface area contributed by atoms with Gasteiger partial charge in [-0.25, -0.2) is 13.4 Å². The van der Waals surface area contributed by atoms with Gasteiger partial charge in [0.25, 0.3) is 0 Å². The van der Waals surface area contributed by atoms with Gasteiger partial charge in [0, 0.05) is 30.9 Å². The molecule has 5 N–H and O–H groups in total. The number of benzene rings is 2. The summed E-state index contributed by atoms with van der Waals surface area (Å²) >= 11 is 0. The number of nitrogens with zero attached hydrogens (tertiary/aromatic N) is 2. The summed E-state index contributed by atoms with van der Waals surface area (Å²) in [6.45, 7) is 12.9. The van der Waals surface area contributed by atoms with Gasteiger partial charge in [-0.15, -0.1) is 0 Å². The molecule has 0 aliphatic heterocycles. The molecular weight excluding hydrogens is 530 g/mol. The number of likely N-dealkylation sites (N-methyl/N-ethyl adjacent to an activating group) is 1. The van der Waals surface area contributed by atoms with Crippen molar-refractivity contribution in [2.75, 3.05) is 48.0 Å². The number of ether oxygens (including phenoxy) is 1. The van der Waals surface area contributed by atoms with Crippen molar-refractivity contribution in [1.82, 2.24) is 15.3 Å². The highest BCUT2D eigenvalue weighted by Gasteiger charge is 2.23. The Morgan fingerprint density at radius 1 is 1.07 bits per heavy atom. The fraction of sp³-hybridized carbons (Fsp3) is 0.321. The summed E-state index contributed by atoms with van der Waals surface area (Å²) in [5, 5.41) is 15.1. The maximum absolute atomic E-state index is 12.9. The average Bonchev–Trinajstić information content (AvgIpc) is 2.93. The lowest BCUT2D eigenvalue weighted by atomic mass is 10.2. The van der Waals surface area contributed by atoms with Crippen molar-refractivity contribution >= 4 is 50.3 Å². The van der Waals surface area contributed by atoms with Gasteiger partial charge in [0.05, 0.1) is 40.0 Å². The number of carbonyl (C=O) groups excluding carboxylic acids is 1.